The van der Waals surface area contributed by atoms with E-state index in [1.807, 2.05) is 0 Å². The molecule has 5 nitrogen and oxygen atoms in total. The standard InChI is InChI=1S/C14H19NO4/c1-14(2,9-12(16)17)15(3)13(18)10-7-5-6-8-11(10)19-4/h5-8H,9H2,1-4H3,(H,16,17). The fraction of sp³-hybridized carbons (Fsp3) is 0.429. The lowest BCUT2D eigenvalue weighted by molar-refractivity contribution is -0.139. The Morgan fingerprint density at radius 2 is 1.89 bits per heavy atom. The summed E-state index contributed by atoms with van der Waals surface area (Å²) >= 11 is 0. The van der Waals surface area contributed by atoms with Crippen molar-refractivity contribution in [2.45, 2.75) is 25.8 Å². The van der Waals surface area contributed by atoms with E-state index in [0.717, 1.165) is 0 Å². The summed E-state index contributed by atoms with van der Waals surface area (Å²) in [6.45, 7) is 3.43. The summed E-state index contributed by atoms with van der Waals surface area (Å²) in [5.41, 5.74) is -0.352. The molecule has 5 heteroatoms. The van der Waals surface area contributed by atoms with Gasteiger partial charge in [-0.3, -0.25) is 9.59 Å². The number of ether oxygens (including phenoxy) is 1. The first-order valence-electron chi connectivity index (χ1n) is 5.92. The minimum Gasteiger partial charge on any atom is -0.496 e. The molecule has 0 aliphatic rings. The summed E-state index contributed by atoms with van der Waals surface area (Å²) in [5.74, 6) is -0.723. The molecule has 1 aromatic carbocycles. The Labute approximate surface area is 112 Å². The number of benzene rings is 1. The number of amides is 1. The van der Waals surface area contributed by atoms with Crippen molar-refractivity contribution in [3.8, 4) is 5.75 Å². The first kappa shape index (κ1) is 15.0. The molecule has 0 spiro atoms. The number of nitrogens with zero attached hydrogens (tertiary/aromatic N) is 1. The third-order valence-corrected chi connectivity index (χ3v) is 3.13. The van der Waals surface area contributed by atoms with E-state index >= 15 is 0 Å². The molecule has 0 aliphatic heterocycles. The Hall–Kier alpha value is -2.04. The quantitative estimate of drug-likeness (QED) is 0.884. The monoisotopic (exact) mass is 265 g/mol. The highest BCUT2D eigenvalue weighted by Gasteiger charge is 2.31. The first-order valence-corrected chi connectivity index (χ1v) is 5.92. The van der Waals surface area contributed by atoms with Gasteiger partial charge >= 0.3 is 5.97 Å². The van der Waals surface area contributed by atoms with Crippen LogP contribution in [0.5, 0.6) is 5.75 Å². The van der Waals surface area contributed by atoms with Crippen molar-refractivity contribution >= 4 is 11.9 Å². The number of hydrogen-bond acceptors (Lipinski definition) is 3. The lowest BCUT2D eigenvalue weighted by Crippen LogP contribution is -2.46. The number of carbonyl (C=O) groups excluding carboxylic acids is 1. The van der Waals surface area contributed by atoms with E-state index in [2.05, 4.69) is 0 Å². The molecule has 0 radical (unpaired) electrons. The van der Waals surface area contributed by atoms with Crippen molar-refractivity contribution in [3.63, 3.8) is 0 Å². The average molecular weight is 265 g/mol. The molecule has 1 N–H and O–H groups in total. The molecular weight excluding hydrogens is 246 g/mol. The predicted molar refractivity (Wildman–Crippen MR) is 71.4 cm³/mol. The summed E-state index contributed by atoms with van der Waals surface area (Å²) in [7, 11) is 3.09. The summed E-state index contributed by atoms with van der Waals surface area (Å²) in [6, 6.07) is 6.88. The molecule has 0 saturated heterocycles. The van der Waals surface area contributed by atoms with Gasteiger partial charge in [0.1, 0.15) is 5.75 Å². The zero-order valence-corrected chi connectivity index (χ0v) is 11.6. The molecule has 0 saturated carbocycles. The third kappa shape index (κ3) is 3.47. The van der Waals surface area contributed by atoms with E-state index in [1.54, 1.807) is 45.2 Å². The number of hydrogen-bond donors (Lipinski definition) is 1. The Kier molecular flexibility index (Phi) is 4.53. The summed E-state index contributed by atoms with van der Waals surface area (Å²) in [5, 5.41) is 8.89. The maximum atomic E-state index is 12.4. The van der Waals surface area contributed by atoms with E-state index in [9.17, 15) is 9.59 Å². The molecule has 1 rings (SSSR count). The predicted octanol–water partition coefficient (Wildman–Crippen LogP) is 2.02. The van der Waals surface area contributed by atoms with E-state index < -0.39 is 11.5 Å². The van der Waals surface area contributed by atoms with Gasteiger partial charge in [-0.2, -0.15) is 0 Å². The Morgan fingerprint density at radius 1 is 1.32 bits per heavy atom. The lowest BCUT2D eigenvalue weighted by Gasteiger charge is -2.34. The molecule has 0 fully saturated rings. The molecule has 104 valence electrons. The Morgan fingerprint density at radius 3 is 2.42 bits per heavy atom. The van der Waals surface area contributed by atoms with Crippen LogP contribution in [0.3, 0.4) is 0 Å². The Bertz CT molecular complexity index is 482. The van der Waals surface area contributed by atoms with E-state index in [0.29, 0.717) is 11.3 Å². The lowest BCUT2D eigenvalue weighted by atomic mass is 9.97. The Balaban J connectivity index is 3.02. The van der Waals surface area contributed by atoms with Crippen molar-refractivity contribution in [1.82, 2.24) is 4.90 Å². The second kappa shape index (κ2) is 5.73. The molecule has 0 aromatic heterocycles. The number of para-hydroxylation sites is 1. The average Bonchev–Trinajstić information content (AvgIpc) is 2.35. The summed E-state index contributed by atoms with van der Waals surface area (Å²) in [4.78, 5) is 24.7. The maximum Gasteiger partial charge on any atom is 0.305 e. The zero-order chi connectivity index (χ0) is 14.6. The zero-order valence-electron chi connectivity index (χ0n) is 11.6. The minimum absolute atomic E-state index is 0.121. The van der Waals surface area contributed by atoms with E-state index in [4.69, 9.17) is 9.84 Å². The first-order chi connectivity index (χ1) is 8.79. The molecule has 0 atom stereocenters. The fourth-order valence-electron chi connectivity index (χ4n) is 1.77. The van der Waals surface area contributed by atoms with Crippen LogP contribution < -0.4 is 4.74 Å². The third-order valence-electron chi connectivity index (χ3n) is 3.13. The van der Waals surface area contributed by atoms with Gasteiger partial charge in [0.25, 0.3) is 5.91 Å². The van der Waals surface area contributed by atoms with Gasteiger partial charge in [-0.15, -0.1) is 0 Å². The van der Waals surface area contributed by atoms with Crippen LogP contribution >= 0.6 is 0 Å². The van der Waals surface area contributed by atoms with Gasteiger partial charge in [0.2, 0.25) is 0 Å². The second-order valence-corrected chi connectivity index (χ2v) is 4.95. The molecule has 1 aromatic rings. The smallest absolute Gasteiger partial charge is 0.305 e. The summed E-state index contributed by atoms with van der Waals surface area (Å²) < 4.78 is 5.15. The van der Waals surface area contributed by atoms with Gasteiger partial charge in [0.15, 0.2) is 0 Å². The number of aliphatic carboxylic acids is 1. The molecule has 0 aliphatic carbocycles. The van der Waals surface area contributed by atoms with Crippen molar-refractivity contribution in [3.05, 3.63) is 29.8 Å². The van der Waals surface area contributed by atoms with Crippen LogP contribution in [0.1, 0.15) is 30.6 Å². The molecule has 0 bridgehead atoms. The van der Waals surface area contributed by atoms with Crippen LogP contribution in [0, 0.1) is 0 Å². The van der Waals surface area contributed by atoms with Gasteiger partial charge < -0.3 is 14.7 Å². The number of carbonyl (C=O) groups is 2. The number of methoxy groups -OCH3 is 1. The van der Waals surface area contributed by atoms with E-state index in [-0.39, 0.29) is 12.3 Å². The number of carboxylic acid groups (broad SMARTS) is 1. The second-order valence-electron chi connectivity index (χ2n) is 4.95. The molecular formula is C14H19NO4. The highest BCUT2D eigenvalue weighted by Crippen LogP contribution is 2.24. The van der Waals surface area contributed by atoms with Crippen LogP contribution in [0.2, 0.25) is 0 Å². The van der Waals surface area contributed by atoms with E-state index in [1.165, 1.54) is 12.0 Å². The van der Waals surface area contributed by atoms with Gasteiger partial charge in [0, 0.05) is 12.6 Å². The maximum absolute atomic E-state index is 12.4. The number of carboxylic acids is 1. The SMILES string of the molecule is COc1ccccc1C(=O)N(C)C(C)(C)CC(=O)O. The summed E-state index contributed by atoms with van der Waals surface area (Å²) in [6.07, 6.45) is -0.121. The van der Waals surface area contributed by atoms with Crippen molar-refractivity contribution in [2.75, 3.05) is 14.2 Å². The van der Waals surface area contributed by atoms with Crippen molar-refractivity contribution in [2.24, 2.45) is 0 Å². The highest BCUT2D eigenvalue weighted by molar-refractivity contribution is 5.97. The van der Waals surface area contributed by atoms with Gasteiger partial charge in [-0.25, -0.2) is 0 Å². The molecule has 0 unspecified atom stereocenters. The topological polar surface area (TPSA) is 66.8 Å². The molecule has 1 amide bonds. The van der Waals surface area contributed by atoms with Crippen LogP contribution in [-0.4, -0.2) is 41.6 Å². The van der Waals surface area contributed by atoms with Crippen molar-refractivity contribution in [1.29, 1.82) is 0 Å². The molecule has 19 heavy (non-hydrogen) atoms. The van der Waals surface area contributed by atoms with Crippen molar-refractivity contribution < 1.29 is 19.4 Å². The number of rotatable bonds is 5. The fourth-order valence-corrected chi connectivity index (χ4v) is 1.77. The highest BCUT2D eigenvalue weighted by atomic mass is 16.5. The van der Waals surface area contributed by atoms with Gasteiger partial charge in [-0.05, 0) is 26.0 Å². The van der Waals surface area contributed by atoms with Gasteiger partial charge in [0.05, 0.1) is 19.1 Å². The van der Waals surface area contributed by atoms with Crippen LogP contribution in [0.15, 0.2) is 24.3 Å². The molecule has 0 heterocycles. The largest absolute Gasteiger partial charge is 0.496 e. The van der Waals surface area contributed by atoms with Crippen LogP contribution in [0.4, 0.5) is 0 Å². The van der Waals surface area contributed by atoms with Crippen LogP contribution in [0.25, 0.3) is 0 Å². The van der Waals surface area contributed by atoms with Gasteiger partial charge in [-0.1, -0.05) is 12.1 Å². The minimum atomic E-state index is -0.940. The van der Waals surface area contributed by atoms with Crippen LogP contribution in [-0.2, 0) is 4.79 Å². The normalized spacial score (nSPS) is 10.9.